The molecule has 0 aliphatic heterocycles. The van der Waals surface area contributed by atoms with Crippen LogP contribution in [0.15, 0.2) is 36.4 Å². The van der Waals surface area contributed by atoms with Crippen LogP contribution < -0.4 is 14.8 Å². The van der Waals surface area contributed by atoms with Gasteiger partial charge in [-0.1, -0.05) is 12.1 Å². The van der Waals surface area contributed by atoms with Gasteiger partial charge in [0.25, 0.3) is 5.91 Å². The fourth-order valence-corrected chi connectivity index (χ4v) is 2.31. The third-order valence-electron chi connectivity index (χ3n) is 3.77. The van der Waals surface area contributed by atoms with Crippen LogP contribution in [0.2, 0.25) is 0 Å². The van der Waals surface area contributed by atoms with Crippen molar-refractivity contribution in [1.82, 2.24) is 0 Å². The number of rotatable bonds is 5. The van der Waals surface area contributed by atoms with Gasteiger partial charge in [0, 0.05) is 11.8 Å². The van der Waals surface area contributed by atoms with Gasteiger partial charge in [-0.15, -0.1) is 0 Å². The third kappa shape index (κ3) is 4.25. The molecule has 2 aromatic carbocycles. The highest BCUT2D eigenvalue weighted by molar-refractivity contribution is 5.94. The highest BCUT2D eigenvalue weighted by Crippen LogP contribution is 2.24. The fraction of sp³-hybridized carbons (Fsp3) is 0.316. The fourth-order valence-electron chi connectivity index (χ4n) is 2.31. The Morgan fingerprint density at radius 1 is 1.13 bits per heavy atom. The van der Waals surface area contributed by atoms with Crippen LogP contribution in [0.25, 0.3) is 0 Å². The second-order valence-electron chi connectivity index (χ2n) is 5.69. The van der Waals surface area contributed by atoms with Crippen LogP contribution in [0, 0.1) is 20.8 Å². The molecule has 2 rings (SSSR count). The lowest BCUT2D eigenvalue weighted by Crippen LogP contribution is -2.30. The number of carbonyl (C=O) groups excluding carboxylic acids is 1. The van der Waals surface area contributed by atoms with E-state index in [0.717, 1.165) is 22.4 Å². The van der Waals surface area contributed by atoms with Crippen molar-refractivity contribution in [3.8, 4) is 11.5 Å². The Balaban J connectivity index is 2.08. The van der Waals surface area contributed by atoms with Crippen LogP contribution in [-0.2, 0) is 4.79 Å². The molecule has 4 nitrogen and oxygen atoms in total. The zero-order valence-electron chi connectivity index (χ0n) is 14.3. The molecule has 0 aliphatic carbocycles. The predicted octanol–water partition coefficient (Wildman–Crippen LogP) is 4.03. The molecule has 0 radical (unpaired) electrons. The van der Waals surface area contributed by atoms with Crippen molar-refractivity contribution in [3.63, 3.8) is 0 Å². The van der Waals surface area contributed by atoms with Crippen LogP contribution in [-0.4, -0.2) is 19.1 Å². The van der Waals surface area contributed by atoms with Gasteiger partial charge in [0.1, 0.15) is 11.5 Å². The Hall–Kier alpha value is -2.49. The van der Waals surface area contributed by atoms with Crippen molar-refractivity contribution < 1.29 is 14.3 Å². The number of methoxy groups -OCH3 is 1. The van der Waals surface area contributed by atoms with E-state index in [0.29, 0.717) is 11.4 Å². The zero-order valence-corrected chi connectivity index (χ0v) is 14.3. The number of anilines is 1. The summed E-state index contributed by atoms with van der Waals surface area (Å²) >= 11 is 0. The Bertz CT molecular complexity index is 710. The summed E-state index contributed by atoms with van der Waals surface area (Å²) < 4.78 is 11.0. The molecule has 23 heavy (non-hydrogen) atoms. The summed E-state index contributed by atoms with van der Waals surface area (Å²) in [7, 11) is 1.59. The number of amides is 1. The molecular weight excluding hydrogens is 290 g/mol. The molecule has 0 aromatic heterocycles. The van der Waals surface area contributed by atoms with E-state index in [1.807, 2.05) is 45.0 Å². The number of nitrogens with one attached hydrogen (secondary N) is 1. The normalized spacial score (nSPS) is 11.7. The maximum atomic E-state index is 12.3. The average Bonchev–Trinajstić information content (AvgIpc) is 2.52. The summed E-state index contributed by atoms with van der Waals surface area (Å²) in [5, 5.41) is 2.84. The number of benzene rings is 2. The summed E-state index contributed by atoms with van der Waals surface area (Å²) in [6.45, 7) is 7.79. The van der Waals surface area contributed by atoms with E-state index in [4.69, 9.17) is 9.47 Å². The quantitative estimate of drug-likeness (QED) is 0.906. The van der Waals surface area contributed by atoms with Crippen molar-refractivity contribution in [1.29, 1.82) is 0 Å². The van der Waals surface area contributed by atoms with Crippen LogP contribution in [0.4, 0.5) is 5.69 Å². The lowest BCUT2D eigenvalue weighted by molar-refractivity contribution is -0.122. The molecule has 0 saturated carbocycles. The van der Waals surface area contributed by atoms with Gasteiger partial charge in [-0.05, 0) is 62.6 Å². The van der Waals surface area contributed by atoms with Crippen LogP contribution in [0.1, 0.15) is 23.6 Å². The van der Waals surface area contributed by atoms with Gasteiger partial charge in [-0.25, -0.2) is 0 Å². The number of hydrogen-bond acceptors (Lipinski definition) is 3. The maximum Gasteiger partial charge on any atom is 0.265 e. The SMILES string of the molecule is COc1cccc(NC(=O)[C@H](C)Oc2cc(C)cc(C)c2C)c1. The maximum absolute atomic E-state index is 12.3. The second-order valence-corrected chi connectivity index (χ2v) is 5.69. The first kappa shape index (κ1) is 16.9. The summed E-state index contributed by atoms with van der Waals surface area (Å²) in [4.78, 5) is 12.3. The van der Waals surface area contributed by atoms with Crippen molar-refractivity contribution in [2.24, 2.45) is 0 Å². The van der Waals surface area contributed by atoms with Crippen LogP contribution in [0.5, 0.6) is 11.5 Å². The molecule has 1 amide bonds. The number of hydrogen-bond donors (Lipinski definition) is 1. The molecular formula is C19H23NO3. The topological polar surface area (TPSA) is 47.6 Å². The van der Waals surface area contributed by atoms with Crippen molar-refractivity contribution in [2.45, 2.75) is 33.8 Å². The Morgan fingerprint density at radius 2 is 1.87 bits per heavy atom. The van der Waals surface area contributed by atoms with Crippen molar-refractivity contribution in [2.75, 3.05) is 12.4 Å². The number of aryl methyl sites for hydroxylation is 2. The smallest absolute Gasteiger partial charge is 0.265 e. The van der Waals surface area contributed by atoms with Crippen LogP contribution >= 0.6 is 0 Å². The van der Waals surface area contributed by atoms with Gasteiger partial charge in [0.2, 0.25) is 0 Å². The van der Waals surface area contributed by atoms with Crippen molar-refractivity contribution >= 4 is 11.6 Å². The van der Waals surface area contributed by atoms with Crippen molar-refractivity contribution in [3.05, 3.63) is 53.1 Å². The largest absolute Gasteiger partial charge is 0.497 e. The Kier molecular flexibility index (Phi) is 5.27. The summed E-state index contributed by atoms with van der Waals surface area (Å²) in [6.07, 6.45) is -0.596. The first-order valence-corrected chi connectivity index (χ1v) is 7.60. The molecule has 0 spiro atoms. The summed E-state index contributed by atoms with van der Waals surface area (Å²) in [5.74, 6) is 1.24. The molecule has 1 N–H and O–H groups in total. The van der Waals surface area contributed by atoms with E-state index in [2.05, 4.69) is 11.4 Å². The minimum absolute atomic E-state index is 0.197. The third-order valence-corrected chi connectivity index (χ3v) is 3.77. The molecule has 0 unspecified atom stereocenters. The van der Waals surface area contributed by atoms with Gasteiger partial charge in [-0.2, -0.15) is 0 Å². The lowest BCUT2D eigenvalue weighted by Gasteiger charge is -2.18. The highest BCUT2D eigenvalue weighted by Gasteiger charge is 2.17. The first-order valence-electron chi connectivity index (χ1n) is 7.60. The minimum Gasteiger partial charge on any atom is -0.497 e. The molecule has 4 heteroatoms. The Morgan fingerprint density at radius 3 is 2.57 bits per heavy atom. The summed E-state index contributed by atoms with van der Waals surface area (Å²) in [6, 6.07) is 11.3. The standard InChI is InChI=1S/C19H23NO3/c1-12-9-13(2)14(3)18(10-12)23-15(4)19(21)20-16-7-6-8-17(11-16)22-5/h6-11,15H,1-5H3,(H,20,21)/t15-/m0/s1. The van der Waals surface area contributed by atoms with Gasteiger partial charge in [0.15, 0.2) is 6.10 Å². The zero-order chi connectivity index (χ0) is 17.0. The molecule has 0 heterocycles. The van der Waals surface area contributed by atoms with E-state index < -0.39 is 6.10 Å². The Labute approximate surface area is 137 Å². The van der Waals surface area contributed by atoms with E-state index in [9.17, 15) is 4.79 Å². The molecule has 0 saturated heterocycles. The predicted molar refractivity (Wildman–Crippen MR) is 92.4 cm³/mol. The molecule has 2 aromatic rings. The molecule has 0 aliphatic rings. The number of ether oxygens (including phenoxy) is 2. The van der Waals surface area contributed by atoms with Gasteiger partial charge in [0.05, 0.1) is 7.11 Å². The molecule has 0 bridgehead atoms. The van der Waals surface area contributed by atoms with E-state index in [1.54, 1.807) is 20.1 Å². The van der Waals surface area contributed by atoms with Gasteiger partial charge >= 0.3 is 0 Å². The van der Waals surface area contributed by atoms with Gasteiger partial charge < -0.3 is 14.8 Å². The molecule has 1 atom stereocenters. The highest BCUT2D eigenvalue weighted by atomic mass is 16.5. The first-order chi connectivity index (χ1) is 10.9. The lowest BCUT2D eigenvalue weighted by atomic mass is 10.1. The van der Waals surface area contributed by atoms with Crippen LogP contribution in [0.3, 0.4) is 0 Å². The average molecular weight is 313 g/mol. The minimum atomic E-state index is -0.596. The van der Waals surface area contributed by atoms with E-state index in [-0.39, 0.29) is 5.91 Å². The monoisotopic (exact) mass is 313 g/mol. The number of carbonyl (C=O) groups is 1. The molecule has 0 fully saturated rings. The van der Waals surface area contributed by atoms with E-state index >= 15 is 0 Å². The second kappa shape index (κ2) is 7.18. The van der Waals surface area contributed by atoms with E-state index in [1.165, 1.54) is 0 Å². The molecule has 122 valence electrons. The van der Waals surface area contributed by atoms with Gasteiger partial charge in [-0.3, -0.25) is 4.79 Å². The summed E-state index contributed by atoms with van der Waals surface area (Å²) in [5.41, 5.74) is 4.00.